The van der Waals surface area contributed by atoms with E-state index in [1.54, 1.807) is 17.0 Å². The molecule has 0 N–H and O–H groups in total. The van der Waals surface area contributed by atoms with Crippen LogP contribution in [0.2, 0.25) is 0 Å². The van der Waals surface area contributed by atoms with Crippen molar-refractivity contribution < 1.29 is 14.3 Å². The lowest BCUT2D eigenvalue weighted by Crippen LogP contribution is -2.45. The quantitative estimate of drug-likeness (QED) is 0.556. The summed E-state index contributed by atoms with van der Waals surface area (Å²) in [4.78, 5) is 19.1. The number of nitrogens with zero attached hydrogens (tertiary/aromatic N) is 6. The Kier molecular flexibility index (Phi) is 5.39. The zero-order valence-electron chi connectivity index (χ0n) is 19.7. The molecule has 1 amide bonds. The van der Waals surface area contributed by atoms with Gasteiger partial charge in [-0.2, -0.15) is 5.26 Å². The van der Waals surface area contributed by atoms with Crippen LogP contribution in [0.5, 0.6) is 5.88 Å². The average Bonchev–Trinajstić information content (AvgIpc) is 3.33. The highest BCUT2D eigenvalue weighted by atomic mass is 16.6. The van der Waals surface area contributed by atoms with Gasteiger partial charge in [0.1, 0.15) is 5.60 Å². The van der Waals surface area contributed by atoms with Gasteiger partial charge in [-0.25, -0.2) is 9.78 Å². The Morgan fingerprint density at radius 2 is 2.12 bits per heavy atom. The van der Waals surface area contributed by atoms with E-state index in [0.717, 1.165) is 48.8 Å². The fourth-order valence-corrected chi connectivity index (χ4v) is 5.54. The molecule has 0 bridgehead atoms. The van der Waals surface area contributed by atoms with Gasteiger partial charge in [-0.05, 0) is 68.7 Å². The van der Waals surface area contributed by atoms with Crippen molar-refractivity contribution in [3.63, 3.8) is 0 Å². The molecule has 1 aliphatic heterocycles. The third kappa shape index (κ3) is 3.94. The summed E-state index contributed by atoms with van der Waals surface area (Å²) in [6.07, 6.45) is 5.00. The van der Waals surface area contributed by atoms with Crippen LogP contribution in [0, 0.1) is 23.7 Å². The number of carbonyl (C=O) groups excluding carboxylic acids is 1. The molecule has 2 atom stereocenters. The van der Waals surface area contributed by atoms with E-state index in [4.69, 9.17) is 9.47 Å². The molecule has 1 spiro atoms. The molecular weight excluding hydrogens is 432 g/mol. The molecule has 176 valence electrons. The summed E-state index contributed by atoms with van der Waals surface area (Å²) in [5.41, 5.74) is 2.60. The Balaban J connectivity index is 1.38. The average molecular weight is 461 g/mol. The van der Waals surface area contributed by atoms with Crippen molar-refractivity contribution in [2.75, 3.05) is 18.1 Å². The van der Waals surface area contributed by atoms with Crippen molar-refractivity contribution in [3.05, 3.63) is 41.7 Å². The smallest absolute Gasteiger partial charge is 0.416 e. The van der Waals surface area contributed by atoms with Crippen LogP contribution in [0.1, 0.15) is 50.7 Å². The highest BCUT2D eigenvalue weighted by Gasteiger charge is 2.52. The molecule has 1 aromatic carbocycles. The summed E-state index contributed by atoms with van der Waals surface area (Å²) in [5.74, 6) is 0.964. The predicted molar refractivity (Wildman–Crippen MR) is 126 cm³/mol. The highest BCUT2D eigenvalue weighted by molar-refractivity contribution is 5.90. The summed E-state index contributed by atoms with van der Waals surface area (Å²) in [6, 6.07) is 9.56. The molecule has 2 fully saturated rings. The van der Waals surface area contributed by atoms with Gasteiger partial charge in [-0.3, -0.25) is 4.90 Å². The molecule has 5 rings (SSSR count). The lowest BCUT2D eigenvalue weighted by Gasteiger charge is -2.43. The second-order valence-electron chi connectivity index (χ2n) is 9.79. The summed E-state index contributed by atoms with van der Waals surface area (Å²) in [7, 11) is 0. The van der Waals surface area contributed by atoms with Gasteiger partial charge < -0.3 is 14.0 Å². The monoisotopic (exact) mass is 460 g/mol. The van der Waals surface area contributed by atoms with Crippen LogP contribution in [-0.4, -0.2) is 44.6 Å². The van der Waals surface area contributed by atoms with E-state index in [9.17, 15) is 10.1 Å². The van der Waals surface area contributed by atoms with Gasteiger partial charge in [0.25, 0.3) is 0 Å². The number of hydrogen-bond acceptors (Lipinski definition) is 7. The Hall–Kier alpha value is -3.67. The number of nitriles is 1. The third-order valence-electron chi connectivity index (χ3n) is 6.92. The Bertz CT molecular complexity index is 1300. The Morgan fingerprint density at radius 1 is 1.26 bits per heavy atom. The van der Waals surface area contributed by atoms with Gasteiger partial charge in [-0.15, -0.1) is 10.2 Å². The minimum absolute atomic E-state index is 0.0929. The first-order chi connectivity index (χ1) is 16.3. The van der Waals surface area contributed by atoms with E-state index in [0.29, 0.717) is 30.4 Å². The molecule has 34 heavy (non-hydrogen) atoms. The van der Waals surface area contributed by atoms with Crippen molar-refractivity contribution in [2.24, 2.45) is 5.41 Å². The van der Waals surface area contributed by atoms with Crippen molar-refractivity contribution >= 4 is 22.9 Å². The Labute approximate surface area is 198 Å². The fraction of sp³-hybridized carbons (Fsp3) is 0.480. The van der Waals surface area contributed by atoms with E-state index in [1.807, 2.05) is 32.3 Å². The number of aryl methyl sites for hydroxylation is 1. The number of aromatic nitrogens is 4. The van der Waals surface area contributed by atoms with Crippen LogP contribution < -0.4 is 9.64 Å². The molecule has 1 aliphatic carbocycles. The topological polar surface area (TPSA) is 106 Å². The lowest BCUT2D eigenvalue weighted by molar-refractivity contribution is -0.0264. The maximum atomic E-state index is 12.9. The summed E-state index contributed by atoms with van der Waals surface area (Å²) in [5, 5.41) is 17.7. The zero-order chi connectivity index (χ0) is 23.9. The number of anilines is 1. The molecular formula is C25H28N6O3. The van der Waals surface area contributed by atoms with E-state index < -0.39 is 5.60 Å². The number of rotatable bonds is 5. The van der Waals surface area contributed by atoms with Crippen LogP contribution in [-0.2, 0) is 11.3 Å². The van der Waals surface area contributed by atoms with Crippen molar-refractivity contribution in [1.29, 1.82) is 5.26 Å². The van der Waals surface area contributed by atoms with Crippen molar-refractivity contribution in [2.45, 2.75) is 58.6 Å². The van der Waals surface area contributed by atoms with Gasteiger partial charge in [0.05, 0.1) is 42.1 Å². The molecule has 9 heteroatoms. The van der Waals surface area contributed by atoms with Crippen LogP contribution in [0.4, 0.5) is 10.6 Å². The van der Waals surface area contributed by atoms with Crippen molar-refractivity contribution in [1.82, 2.24) is 19.7 Å². The molecule has 1 saturated carbocycles. The fourth-order valence-electron chi connectivity index (χ4n) is 5.54. The van der Waals surface area contributed by atoms with Gasteiger partial charge >= 0.3 is 6.09 Å². The molecule has 1 saturated heterocycles. The number of carbonyl (C=O) groups is 1. The number of benzene rings is 1. The molecule has 3 aromatic rings. The highest BCUT2D eigenvalue weighted by Crippen LogP contribution is 2.48. The van der Waals surface area contributed by atoms with Crippen LogP contribution >= 0.6 is 0 Å². The second-order valence-corrected chi connectivity index (χ2v) is 9.79. The van der Waals surface area contributed by atoms with E-state index in [2.05, 4.69) is 32.7 Å². The molecule has 2 aliphatic rings. The molecule has 2 aromatic heterocycles. The summed E-state index contributed by atoms with van der Waals surface area (Å²) >= 11 is 0. The molecule has 0 radical (unpaired) electrons. The third-order valence-corrected chi connectivity index (χ3v) is 6.92. The standard InChI is InChI=1S/C25H28N6O3/c1-4-33-21-10-17(2)22(29-28-21)31-15-25(34-23(31)32)9-5-8-24(3,13-25)14-30-16-27-19-7-6-18(12-26)11-20(19)30/h6-7,10-11,16H,4-5,8-9,13-15H2,1-3H3/t24-,25-/m0/s1. The van der Waals surface area contributed by atoms with Crippen molar-refractivity contribution in [3.8, 4) is 11.9 Å². The van der Waals surface area contributed by atoms with Gasteiger partial charge in [0.15, 0.2) is 5.82 Å². The molecule has 9 nitrogen and oxygen atoms in total. The van der Waals surface area contributed by atoms with Gasteiger partial charge in [0.2, 0.25) is 5.88 Å². The van der Waals surface area contributed by atoms with E-state index in [1.165, 1.54) is 0 Å². The van der Waals surface area contributed by atoms with Gasteiger partial charge in [0, 0.05) is 12.6 Å². The largest absolute Gasteiger partial charge is 0.477 e. The molecule has 0 unspecified atom stereocenters. The maximum Gasteiger partial charge on any atom is 0.416 e. The summed E-state index contributed by atoms with van der Waals surface area (Å²) in [6.45, 7) is 7.72. The predicted octanol–water partition coefficient (Wildman–Crippen LogP) is 4.38. The number of fused-ring (bicyclic) bond motifs is 1. The van der Waals surface area contributed by atoms with E-state index >= 15 is 0 Å². The first-order valence-electron chi connectivity index (χ1n) is 11.7. The minimum Gasteiger partial charge on any atom is -0.477 e. The Morgan fingerprint density at radius 3 is 2.88 bits per heavy atom. The number of amides is 1. The number of hydrogen-bond donors (Lipinski definition) is 0. The first-order valence-corrected chi connectivity index (χ1v) is 11.7. The van der Waals surface area contributed by atoms with E-state index in [-0.39, 0.29) is 11.5 Å². The first kappa shape index (κ1) is 22.1. The number of ether oxygens (including phenoxy) is 2. The van der Waals surface area contributed by atoms with Crippen LogP contribution in [0.25, 0.3) is 11.0 Å². The lowest BCUT2D eigenvalue weighted by atomic mass is 9.68. The van der Waals surface area contributed by atoms with Gasteiger partial charge in [-0.1, -0.05) is 6.92 Å². The summed E-state index contributed by atoms with van der Waals surface area (Å²) < 4.78 is 13.6. The maximum absolute atomic E-state index is 12.9. The zero-order valence-corrected chi connectivity index (χ0v) is 19.7. The minimum atomic E-state index is -0.564. The SMILES string of the molecule is CCOc1cc(C)c(N2C[C@@]3(CCC[C@](C)(Cn4cnc5ccc(C#N)cc54)C3)OC2=O)nn1. The second kappa shape index (κ2) is 8.28. The normalized spacial score (nSPS) is 24.4. The van der Waals surface area contributed by atoms with Crippen LogP contribution in [0.3, 0.4) is 0 Å². The van der Waals surface area contributed by atoms with Crippen LogP contribution in [0.15, 0.2) is 30.6 Å². The molecule has 3 heterocycles. The number of imidazole rings is 1.